The molecule has 0 saturated heterocycles. The first kappa shape index (κ1) is 17.0. The third-order valence-electron chi connectivity index (χ3n) is 2.94. The van der Waals surface area contributed by atoms with Crippen LogP contribution in [0.15, 0.2) is 24.3 Å². The number of hydrogen-bond donors (Lipinski definition) is 1. The fourth-order valence-electron chi connectivity index (χ4n) is 1.79. The third-order valence-corrected chi connectivity index (χ3v) is 4.80. The van der Waals surface area contributed by atoms with Gasteiger partial charge in [-0.05, 0) is 32.4 Å². The minimum atomic E-state index is -2.90. The summed E-state index contributed by atoms with van der Waals surface area (Å²) >= 11 is 0. The summed E-state index contributed by atoms with van der Waals surface area (Å²) in [5.74, 6) is 1.29. The average Bonchev–Trinajstić information content (AvgIpc) is 2.37. The number of nitrogens with one attached hydrogen (secondary N) is 1. The van der Waals surface area contributed by atoms with E-state index in [0.717, 1.165) is 5.75 Å². The Kier molecular flexibility index (Phi) is 7.02. The molecule has 1 aromatic rings. The molecule has 0 radical (unpaired) electrons. The molecule has 0 aliphatic heterocycles. The SMILES string of the molecule is CCCS(=O)(=O)CCNC(C)COc1ccc(C)cc1. The summed E-state index contributed by atoms with van der Waals surface area (Å²) in [6, 6.07) is 8.00. The van der Waals surface area contributed by atoms with Gasteiger partial charge in [0.05, 0.1) is 5.75 Å². The fraction of sp³-hybridized carbons (Fsp3) is 0.600. The number of aryl methyl sites for hydroxylation is 1. The van der Waals surface area contributed by atoms with E-state index in [1.165, 1.54) is 5.56 Å². The van der Waals surface area contributed by atoms with E-state index < -0.39 is 9.84 Å². The van der Waals surface area contributed by atoms with Crippen LogP contribution in [-0.2, 0) is 9.84 Å². The molecule has 0 spiro atoms. The van der Waals surface area contributed by atoms with Crippen molar-refractivity contribution in [3.05, 3.63) is 29.8 Å². The first-order valence-electron chi connectivity index (χ1n) is 7.06. The summed E-state index contributed by atoms with van der Waals surface area (Å²) in [6.07, 6.45) is 0.675. The van der Waals surface area contributed by atoms with E-state index in [-0.39, 0.29) is 17.5 Å². The van der Waals surface area contributed by atoms with Crippen LogP contribution in [0.5, 0.6) is 5.75 Å². The Morgan fingerprint density at radius 3 is 2.45 bits per heavy atom. The fourth-order valence-corrected chi connectivity index (χ4v) is 3.04. The molecule has 0 fully saturated rings. The summed E-state index contributed by atoms with van der Waals surface area (Å²) in [5, 5.41) is 3.17. The molecule has 1 aromatic carbocycles. The Morgan fingerprint density at radius 2 is 1.85 bits per heavy atom. The number of rotatable bonds is 9. The minimum Gasteiger partial charge on any atom is -0.492 e. The maximum atomic E-state index is 11.6. The molecule has 114 valence electrons. The van der Waals surface area contributed by atoms with Crippen LogP contribution < -0.4 is 10.1 Å². The summed E-state index contributed by atoms with van der Waals surface area (Å²) in [4.78, 5) is 0. The Balaban J connectivity index is 2.24. The van der Waals surface area contributed by atoms with E-state index >= 15 is 0 Å². The Hall–Kier alpha value is -1.07. The van der Waals surface area contributed by atoms with Crippen molar-refractivity contribution in [2.24, 2.45) is 0 Å². The van der Waals surface area contributed by atoms with Crippen molar-refractivity contribution < 1.29 is 13.2 Å². The summed E-state index contributed by atoms with van der Waals surface area (Å²) in [7, 11) is -2.90. The summed E-state index contributed by atoms with van der Waals surface area (Å²) < 4.78 is 28.7. The van der Waals surface area contributed by atoms with Crippen LogP contribution in [0.25, 0.3) is 0 Å². The highest BCUT2D eigenvalue weighted by Crippen LogP contribution is 2.11. The van der Waals surface area contributed by atoms with E-state index in [0.29, 0.717) is 19.6 Å². The average molecular weight is 299 g/mol. The van der Waals surface area contributed by atoms with E-state index in [9.17, 15) is 8.42 Å². The van der Waals surface area contributed by atoms with Crippen LogP contribution in [0.2, 0.25) is 0 Å². The highest BCUT2D eigenvalue weighted by molar-refractivity contribution is 7.91. The van der Waals surface area contributed by atoms with Gasteiger partial charge in [-0.25, -0.2) is 8.42 Å². The number of ether oxygens (including phenoxy) is 1. The topological polar surface area (TPSA) is 55.4 Å². The van der Waals surface area contributed by atoms with Gasteiger partial charge in [-0.2, -0.15) is 0 Å². The van der Waals surface area contributed by atoms with Crippen LogP contribution in [0.1, 0.15) is 25.8 Å². The minimum absolute atomic E-state index is 0.119. The van der Waals surface area contributed by atoms with Gasteiger partial charge in [-0.3, -0.25) is 0 Å². The predicted molar refractivity (Wildman–Crippen MR) is 83.1 cm³/mol. The van der Waals surface area contributed by atoms with Crippen molar-refractivity contribution in [2.45, 2.75) is 33.2 Å². The lowest BCUT2D eigenvalue weighted by Crippen LogP contribution is -2.35. The second kappa shape index (κ2) is 8.27. The number of hydrogen-bond acceptors (Lipinski definition) is 4. The standard InChI is InChI=1S/C15H25NO3S/c1-4-10-20(17,18)11-9-16-14(3)12-19-15-7-5-13(2)6-8-15/h5-8,14,16H,4,9-12H2,1-3H3. The zero-order valence-corrected chi connectivity index (χ0v) is 13.4. The van der Waals surface area contributed by atoms with E-state index in [4.69, 9.17) is 4.74 Å². The van der Waals surface area contributed by atoms with Crippen molar-refractivity contribution in [2.75, 3.05) is 24.7 Å². The molecule has 1 unspecified atom stereocenters. The van der Waals surface area contributed by atoms with Gasteiger partial charge in [-0.1, -0.05) is 24.6 Å². The van der Waals surface area contributed by atoms with Gasteiger partial charge in [0.15, 0.2) is 9.84 Å². The number of benzene rings is 1. The van der Waals surface area contributed by atoms with Crippen molar-refractivity contribution >= 4 is 9.84 Å². The molecule has 1 atom stereocenters. The second-order valence-corrected chi connectivity index (χ2v) is 7.43. The Morgan fingerprint density at radius 1 is 1.20 bits per heavy atom. The second-order valence-electron chi connectivity index (χ2n) is 5.13. The lowest BCUT2D eigenvalue weighted by Gasteiger charge is -2.15. The molecule has 0 bridgehead atoms. The van der Waals surface area contributed by atoms with Crippen LogP contribution in [-0.4, -0.2) is 39.1 Å². The number of sulfone groups is 1. The van der Waals surface area contributed by atoms with Gasteiger partial charge in [-0.15, -0.1) is 0 Å². The van der Waals surface area contributed by atoms with Gasteiger partial charge in [0.1, 0.15) is 12.4 Å². The van der Waals surface area contributed by atoms with Gasteiger partial charge >= 0.3 is 0 Å². The molecule has 0 aromatic heterocycles. The third kappa shape index (κ3) is 6.91. The maximum absolute atomic E-state index is 11.6. The molecule has 20 heavy (non-hydrogen) atoms. The first-order valence-corrected chi connectivity index (χ1v) is 8.88. The molecule has 1 N–H and O–H groups in total. The van der Waals surface area contributed by atoms with Gasteiger partial charge in [0.25, 0.3) is 0 Å². The molecule has 0 saturated carbocycles. The van der Waals surface area contributed by atoms with Gasteiger partial charge in [0, 0.05) is 18.3 Å². The molecule has 4 nitrogen and oxygen atoms in total. The molecular weight excluding hydrogens is 274 g/mol. The first-order chi connectivity index (χ1) is 9.43. The molecule has 5 heteroatoms. The van der Waals surface area contributed by atoms with Crippen LogP contribution in [0.3, 0.4) is 0 Å². The predicted octanol–water partition coefficient (Wildman–Crippen LogP) is 2.18. The van der Waals surface area contributed by atoms with E-state index in [2.05, 4.69) is 5.32 Å². The highest BCUT2D eigenvalue weighted by Gasteiger charge is 2.10. The summed E-state index contributed by atoms with van der Waals surface area (Å²) in [5.41, 5.74) is 1.20. The smallest absolute Gasteiger partial charge is 0.151 e. The monoisotopic (exact) mass is 299 g/mol. The Labute approximate surface area is 122 Å². The van der Waals surface area contributed by atoms with E-state index in [1.54, 1.807) is 0 Å². The van der Waals surface area contributed by atoms with Crippen LogP contribution in [0.4, 0.5) is 0 Å². The zero-order chi connectivity index (χ0) is 15.0. The normalized spacial score (nSPS) is 13.2. The zero-order valence-electron chi connectivity index (χ0n) is 12.6. The molecule has 1 rings (SSSR count). The van der Waals surface area contributed by atoms with Gasteiger partial charge < -0.3 is 10.1 Å². The van der Waals surface area contributed by atoms with Crippen molar-refractivity contribution in [3.63, 3.8) is 0 Å². The molecule has 0 aliphatic rings. The molecule has 0 heterocycles. The molecular formula is C15H25NO3S. The van der Waals surface area contributed by atoms with Crippen LogP contribution >= 0.6 is 0 Å². The molecule has 0 aliphatic carbocycles. The highest BCUT2D eigenvalue weighted by atomic mass is 32.2. The van der Waals surface area contributed by atoms with Crippen LogP contribution in [0, 0.1) is 6.92 Å². The van der Waals surface area contributed by atoms with E-state index in [1.807, 2.05) is 45.0 Å². The van der Waals surface area contributed by atoms with Crippen molar-refractivity contribution in [1.29, 1.82) is 0 Å². The lowest BCUT2D eigenvalue weighted by molar-refractivity contribution is 0.275. The van der Waals surface area contributed by atoms with Crippen molar-refractivity contribution in [1.82, 2.24) is 5.32 Å². The largest absolute Gasteiger partial charge is 0.492 e. The summed E-state index contributed by atoms with van der Waals surface area (Å²) in [6.45, 7) is 6.89. The lowest BCUT2D eigenvalue weighted by atomic mass is 10.2. The molecule has 0 amide bonds. The quantitative estimate of drug-likeness (QED) is 0.759. The Bertz CT molecular complexity index is 482. The van der Waals surface area contributed by atoms with Crippen molar-refractivity contribution in [3.8, 4) is 5.75 Å². The maximum Gasteiger partial charge on any atom is 0.151 e. The van der Waals surface area contributed by atoms with Gasteiger partial charge in [0.2, 0.25) is 0 Å².